The first kappa shape index (κ1) is 22.5. The van der Waals surface area contributed by atoms with Crippen molar-refractivity contribution >= 4 is 23.0 Å². The fourth-order valence-corrected chi connectivity index (χ4v) is 3.85. The lowest BCUT2D eigenvalue weighted by Gasteiger charge is -2.36. The van der Waals surface area contributed by atoms with Gasteiger partial charge < -0.3 is 9.80 Å². The Morgan fingerprint density at radius 2 is 1.94 bits per heavy atom. The number of anilines is 2. The first-order valence-electron chi connectivity index (χ1n) is 9.93. The molecule has 0 aliphatic carbocycles. The molecule has 1 aromatic carbocycles. The van der Waals surface area contributed by atoms with E-state index in [2.05, 4.69) is 4.98 Å². The summed E-state index contributed by atoms with van der Waals surface area (Å²) in [6, 6.07) is 6.04. The number of amides is 1. The molecule has 0 saturated carbocycles. The molecule has 166 valence electrons. The molecule has 1 aromatic heterocycles. The third kappa shape index (κ3) is 4.95. The second-order valence-corrected chi connectivity index (χ2v) is 7.73. The predicted octanol–water partition coefficient (Wildman–Crippen LogP) is 4.67. The van der Waals surface area contributed by atoms with E-state index in [0.29, 0.717) is 37.7 Å². The Hall–Kier alpha value is -3.17. The molecule has 1 saturated heterocycles. The molecule has 1 aliphatic rings. The van der Waals surface area contributed by atoms with Gasteiger partial charge in [-0.2, -0.15) is 13.2 Å². The summed E-state index contributed by atoms with van der Waals surface area (Å²) in [4.78, 5) is 31.2. The van der Waals surface area contributed by atoms with Crippen molar-refractivity contribution in [3.8, 4) is 0 Å². The Balaban J connectivity index is 1.76. The molecule has 2 aromatic rings. The van der Waals surface area contributed by atoms with Gasteiger partial charge in [-0.1, -0.05) is 0 Å². The maximum absolute atomic E-state index is 13.2. The Morgan fingerprint density at radius 3 is 2.45 bits per heavy atom. The van der Waals surface area contributed by atoms with Crippen LogP contribution in [0.25, 0.3) is 0 Å². The molecular formula is C21H23F3N4O3. The van der Waals surface area contributed by atoms with Crippen LogP contribution in [0.1, 0.15) is 32.3 Å². The molecule has 0 spiro atoms. The quantitative estimate of drug-likeness (QED) is 0.503. The van der Waals surface area contributed by atoms with E-state index in [4.69, 9.17) is 0 Å². The van der Waals surface area contributed by atoms with Crippen LogP contribution in [0.2, 0.25) is 0 Å². The first-order chi connectivity index (χ1) is 14.6. The maximum Gasteiger partial charge on any atom is 0.416 e. The van der Waals surface area contributed by atoms with E-state index in [0.717, 1.165) is 12.1 Å². The molecule has 10 heteroatoms. The number of halogens is 3. The minimum absolute atomic E-state index is 0.0513. The molecule has 7 nitrogen and oxygen atoms in total. The lowest BCUT2D eigenvalue weighted by Crippen LogP contribution is -2.45. The van der Waals surface area contributed by atoms with Crippen LogP contribution < -0.4 is 9.80 Å². The van der Waals surface area contributed by atoms with Crippen LogP contribution in [0.5, 0.6) is 0 Å². The fraction of sp³-hybridized carbons (Fsp3) is 0.429. The number of nitro groups is 1. The van der Waals surface area contributed by atoms with Gasteiger partial charge in [0.2, 0.25) is 5.91 Å². The Labute approximate surface area is 177 Å². The molecule has 0 N–H and O–H groups in total. The van der Waals surface area contributed by atoms with E-state index in [-0.39, 0.29) is 23.6 Å². The summed E-state index contributed by atoms with van der Waals surface area (Å²) >= 11 is 0. The van der Waals surface area contributed by atoms with Gasteiger partial charge in [-0.15, -0.1) is 0 Å². The zero-order valence-electron chi connectivity index (χ0n) is 17.2. The average Bonchev–Trinajstić information content (AvgIpc) is 2.73. The summed E-state index contributed by atoms with van der Waals surface area (Å²) in [6.45, 7) is 4.49. The Morgan fingerprint density at radius 1 is 1.26 bits per heavy atom. The number of hydrogen-bond acceptors (Lipinski definition) is 5. The number of aromatic nitrogens is 1. The van der Waals surface area contributed by atoms with Gasteiger partial charge in [0.15, 0.2) is 0 Å². The van der Waals surface area contributed by atoms with Gasteiger partial charge in [0.25, 0.3) is 5.69 Å². The smallest absolute Gasteiger partial charge is 0.366 e. The molecule has 0 bridgehead atoms. The van der Waals surface area contributed by atoms with E-state index in [1.807, 2.05) is 19.9 Å². The average molecular weight is 436 g/mol. The van der Waals surface area contributed by atoms with Crippen LogP contribution in [-0.4, -0.2) is 34.9 Å². The number of nitro benzene ring substituents is 1. The van der Waals surface area contributed by atoms with Crippen molar-refractivity contribution in [2.45, 2.75) is 38.9 Å². The van der Waals surface area contributed by atoms with E-state index in [9.17, 15) is 28.1 Å². The number of rotatable bonds is 5. The van der Waals surface area contributed by atoms with E-state index >= 15 is 0 Å². The minimum atomic E-state index is -4.66. The van der Waals surface area contributed by atoms with Crippen LogP contribution in [0.3, 0.4) is 0 Å². The van der Waals surface area contributed by atoms with Crippen molar-refractivity contribution in [1.29, 1.82) is 0 Å². The van der Waals surface area contributed by atoms with Gasteiger partial charge in [0.05, 0.1) is 22.4 Å². The third-order valence-corrected chi connectivity index (χ3v) is 5.36. The highest BCUT2D eigenvalue weighted by Crippen LogP contribution is 2.38. The molecule has 31 heavy (non-hydrogen) atoms. The second-order valence-electron chi connectivity index (χ2n) is 7.73. The second kappa shape index (κ2) is 8.91. The number of benzene rings is 1. The maximum atomic E-state index is 13.2. The summed E-state index contributed by atoms with van der Waals surface area (Å²) < 4.78 is 38.8. The Kier molecular flexibility index (Phi) is 6.47. The Bertz CT molecular complexity index is 943. The summed E-state index contributed by atoms with van der Waals surface area (Å²) in [6.07, 6.45) is -0.517. The highest BCUT2D eigenvalue weighted by Gasteiger charge is 2.36. The highest BCUT2D eigenvalue weighted by molar-refractivity contribution is 5.95. The summed E-state index contributed by atoms with van der Waals surface area (Å²) in [7, 11) is 0. The molecule has 1 aliphatic heterocycles. The van der Waals surface area contributed by atoms with Crippen LogP contribution in [0, 0.1) is 16.0 Å². The van der Waals surface area contributed by atoms with E-state index < -0.39 is 22.4 Å². The first-order valence-corrected chi connectivity index (χ1v) is 9.93. The largest absolute Gasteiger partial charge is 0.416 e. The predicted molar refractivity (Wildman–Crippen MR) is 110 cm³/mol. The van der Waals surface area contributed by atoms with Crippen LogP contribution in [0.4, 0.5) is 30.2 Å². The standard InChI is InChI=1S/C21H23F3N4O3/c1-14(2)27(17-4-3-9-25-13-17)20(29)15-7-10-26(11-8-15)18-6-5-16(21(22,23)24)12-19(18)28(30)31/h3-6,9,12-15H,7-8,10-11H2,1-2H3. The lowest BCUT2D eigenvalue weighted by molar-refractivity contribution is -0.384. The zero-order valence-corrected chi connectivity index (χ0v) is 17.2. The fourth-order valence-electron chi connectivity index (χ4n) is 3.85. The molecule has 0 atom stereocenters. The monoisotopic (exact) mass is 436 g/mol. The van der Waals surface area contributed by atoms with Crippen LogP contribution >= 0.6 is 0 Å². The van der Waals surface area contributed by atoms with Crippen molar-refractivity contribution in [2.75, 3.05) is 22.9 Å². The highest BCUT2D eigenvalue weighted by atomic mass is 19.4. The third-order valence-electron chi connectivity index (χ3n) is 5.36. The topological polar surface area (TPSA) is 79.6 Å². The normalized spacial score (nSPS) is 15.2. The molecule has 0 unspecified atom stereocenters. The van der Waals surface area contributed by atoms with Gasteiger partial charge in [-0.25, -0.2) is 0 Å². The summed E-state index contributed by atoms with van der Waals surface area (Å²) in [5, 5.41) is 11.4. The number of nitrogens with zero attached hydrogens (tertiary/aromatic N) is 4. The van der Waals surface area contributed by atoms with Crippen molar-refractivity contribution in [3.63, 3.8) is 0 Å². The number of carbonyl (C=O) groups is 1. The van der Waals surface area contributed by atoms with E-state index in [1.165, 1.54) is 0 Å². The van der Waals surface area contributed by atoms with Crippen molar-refractivity contribution in [1.82, 2.24) is 4.98 Å². The van der Waals surface area contributed by atoms with Gasteiger partial charge in [0.1, 0.15) is 5.69 Å². The molecule has 2 heterocycles. The van der Waals surface area contributed by atoms with Gasteiger partial charge in [0, 0.05) is 37.3 Å². The van der Waals surface area contributed by atoms with Crippen molar-refractivity contribution in [3.05, 3.63) is 58.4 Å². The van der Waals surface area contributed by atoms with Crippen LogP contribution in [0.15, 0.2) is 42.7 Å². The van der Waals surface area contributed by atoms with Gasteiger partial charge in [-0.05, 0) is 51.0 Å². The van der Waals surface area contributed by atoms with Crippen molar-refractivity contribution < 1.29 is 22.9 Å². The number of piperidine rings is 1. The zero-order chi connectivity index (χ0) is 22.8. The van der Waals surface area contributed by atoms with E-state index in [1.54, 1.807) is 28.3 Å². The number of pyridine rings is 1. The molecular weight excluding hydrogens is 413 g/mol. The molecule has 0 radical (unpaired) electrons. The summed E-state index contributed by atoms with van der Waals surface area (Å²) in [5.74, 6) is -0.336. The SMILES string of the molecule is CC(C)N(C(=O)C1CCN(c2ccc(C(F)(F)F)cc2[N+](=O)[O-])CC1)c1cccnc1. The number of hydrogen-bond donors (Lipinski definition) is 0. The van der Waals surface area contributed by atoms with Crippen LogP contribution in [-0.2, 0) is 11.0 Å². The van der Waals surface area contributed by atoms with Gasteiger partial charge >= 0.3 is 6.18 Å². The van der Waals surface area contributed by atoms with Gasteiger partial charge in [-0.3, -0.25) is 19.9 Å². The number of carbonyl (C=O) groups excluding carboxylic acids is 1. The molecule has 1 amide bonds. The number of alkyl halides is 3. The minimum Gasteiger partial charge on any atom is -0.366 e. The molecule has 3 rings (SSSR count). The lowest BCUT2D eigenvalue weighted by atomic mass is 9.94. The van der Waals surface area contributed by atoms with Crippen molar-refractivity contribution in [2.24, 2.45) is 5.92 Å². The molecule has 1 fully saturated rings. The summed E-state index contributed by atoms with van der Waals surface area (Å²) in [5.41, 5.74) is -0.809.